The number of likely N-dealkylation sites (tertiary alicyclic amines) is 1. The number of halogens is 5. The number of nitrogens with two attached hydrogens (primary N) is 2. The van der Waals surface area contributed by atoms with Gasteiger partial charge in [-0.1, -0.05) is 6.07 Å². The fraction of sp³-hybridized carbons (Fsp3) is 0.391. The van der Waals surface area contributed by atoms with E-state index in [4.69, 9.17) is 10.9 Å². The second kappa shape index (κ2) is 8.80. The number of benzene rings is 2. The highest BCUT2D eigenvalue weighted by Gasteiger charge is 2.59. The Hall–Kier alpha value is -3.06. The molecule has 2 atom stereocenters. The van der Waals surface area contributed by atoms with Gasteiger partial charge in [0.25, 0.3) is 5.91 Å². The number of nitrogens with zero attached hydrogens (tertiary/aromatic N) is 1. The molecule has 2 aliphatic rings. The first-order valence-electron chi connectivity index (χ1n) is 11.0. The molecule has 194 valence electrons. The maximum Gasteiger partial charge on any atom is 0.416 e. The molecule has 36 heavy (non-hydrogen) atoms. The lowest BCUT2D eigenvalue weighted by Crippen LogP contribution is -2.60. The van der Waals surface area contributed by atoms with E-state index >= 15 is 4.39 Å². The van der Waals surface area contributed by atoms with E-state index in [2.05, 4.69) is 0 Å². The van der Waals surface area contributed by atoms with Crippen LogP contribution < -0.4 is 10.9 Å². The summed E-state index contributed by atoms with van der Waals surface area (Å²) in [6.07, 6.45) is -3.59. The SMILES string of the molecule is NC(=O)[C@@]1([C@@H](c2ccc(C(F)(F)F)cc2F)C2CC2)CCCN1C(=O)c1cc(S(N)(=O)=O)ccc1F. The zero-order valence-electron chi connectivity index (χ0n) is 18.7. The van der Waals surface area contributed by atoms with Gasteiger partial charge in [0.2, 0.25) is 15.9 Å². The number of primary sulfonamides is 1. The summed E-state index contributed by atoms with van der Waals surface area (Å²) in [4.78, 5) is 26.9. The highest BCUT2D eigenvalue weighted by molar-refractivity contribution is 7.89. The van der Waals surface area contributed by atoms with Crippen LogP contribution in [0.25, 0.3) is 0 Å². The molecule has 2 aromatic rings. The van der Waals surface area contributed by atoms with Gasteiger partial charge < -0.3 is 10.6 Å². The molecule has 0 radical (unpaired) electrons. The van der Waals surface area contributed by atoms with Crippen molar-refractivity contribution in [2.24, 2.45) is 16.8 Å². The molecule has 0 spiro atoms. The maximum absolute atomic E-state index is 15.1. The van der Waals surface area contributed by atoms with Gasteiger partial charge in [0.15, 0.2) is 0 Å². The highest BCUT2D eigenvalue weighted by Crippen LogP contribution is 2.54. The molecule has 4 N–H and O–H groups in total. The molecular formula is C23H22F5N3O4S. The first-order valence-corrected chi connectivity index (χ1v) is 12.5. The molecule has 7 nitrogen and oxygen atoms in total. The van der Waals surface area contributed by atoms with Crippen LogP contribution in [0, 0.1) is 17.6 Å². The van der Waals surface area contributed by atoms with Crippen molar-refractivity contribution in [1.82, 2.24) is 4.90 Å². The molecule has 1 heterocycles. The van der Waals surface area contributed by atoms with Crippen LogP contribution in [0.4, 0.5) is 22.0 Å². The van der Waals surface area contributed by atoms with Crippen LogP contribution in [0.3, 0.4) is 0 Å². The molecule has 2 amide bonds. The van der Waals surface area contributed by atoms with Gasteiger partial charge >= 0.3 is 6.18 Å². The van der Waals surface area contributed by atoms with Crippen LogP contribution in [0.2, 0.25) is 0 Å². The first kappa shape index (κ1) is 26.0. The van der Waals surface area contributed by atoms with Gasteiger partial charge in [0, 0.05) is 12.5 Å². The van der Waals surface area contributed by atoms with Crippen molar-refractivity contribution in [2.45, 2.75) is 48.2 Å². The maximum atomic E-state index is 15.1. The number of carbonyl (C=O) groups is 2. The van der Waals surface area contributed by atoms with E-state index < -0.39 is 67.1 Å². The smallest absolute Gasteiger partial charge is 0.368 e. The van der Waals surface area contributed by atoms with Crippen molar-refractivity contribution in [1.29, 1.82) is 0 Å². The van der Waals surface area contributed by atoms with Crippen molar-refractivity contribution in [3.63, 3.8) is 0 Å². The van der Waals surface area contributed by atoms with Crippen LogP contribution >= 0.6 is 0 Å². The normalized spacial score (nSPS) is 21.4. The number of sulfonamides is 1. The van der Waals surface area contributed by atoms with Crippen molar-refractivity contribution < 1.29 is 40.0 Å². The van der Waals surface area contributed by atoms with Crippen LogP contribution in [-0.4, -0.2) is 37.2 Å². The molecule has 1 saturated carbocycles. The second-order valence-electron chi connectivity index (χ2n) is 9.08. The third kappa shape index (κ3) is 4.45. The van der Waals surface area contributed by atoms with Crippen LogP contribution in [0.1, 0.15) is 53.1 Å². The molecule has 0 bridgehead atoms. The van der Waals surface area contributed by atoms with Gasteiger partial charge in [0.1, 0.15) is 17.2 Å². The van der Waals surface area contributed by atoms with Crippen molar-refractivity contribution in [2.75, 3.05) is 6.54 Å². The van der Waals surface area contributed by atoms with E-state index in [1.807, 2.05) is 0 Å². The monoisotopic (exact) mass is 531 g/mol. The predicted molar refractivity (Wildman–Crippen MR) is 117 cm³/mol. The fourth-order valence-corrected chi connectivity index (χ4v) is 5.67. The number of primary amides is 1. The van der Waals surface area contributed by atoms with Gasteiger partial charge in [-0.2, -0.15) is 13.2 Å². The van der Waals surface area contributed by atoms with Gasteiger partial charge in [0.05, 0.1) is 16.0 Å². The summed E-state index contributed by atoms with van der Waals surface area (Å²) < 4.78 is 92.6. The zero-order chi connectivity index (χ0) is 26.6. The Kier molecular flexibility index (Phi) is 6.36. The van der Waals surface area contributed by atoms with E-state index in [0.29, 0.717) is 25.0 Å². The van der Waals surface area contributed by atoms with Crippen LogP contribution in [-0.2, 0) is 21.0 Å². The summed E-state index contributed by atoms with van der Waals surface area (Å²) in [6.45, 7) is -0.0910. The Labute approximate surface area is 203 Å². The van der Waals surface area contributed by atoms with Gasteiger partial charge in [-0.3, -0.25) is 9.59 Å². The Morgan fingerprint density at radius 1 is 1.06 bits per heavy atom. The quantitative estimate of drug-likeness (QED) is 0.556. The second-order valence-corrected chi connectivity index (χ2v) is 10.6. The lowest BCUT2D eigenvalue weighted by Gasteiger charge is -2.43. The predicted octanol–water partition coefficient (Wildman–Crippen LogP) is 3.28. The average molecular weight is 532 g/mol. The molecule has 1 saturated heterocycles. The third-order valence-corrected chi connectivity index (χ3v) is 7.77. The number of carbonyl (C=O) groups excluding carboxylic acids is 2. The average Bonchev–Trinajstić information content (AvgIpc) is 3.50. The Morgan fingerprint density at radius 3 is 2.25 bits per heavy atom. The number of alkyl halides is 3. The van der Waals surface area contributed by atoms with E-state index in [9.17, 15) is 35.6 Å². The van der Waals surface area contributed by atoms with Crippen molar-refractivity contribution >= 4 is 21.8 Å². The van der Waals surface area contributed by atoms with E-state index in [0.717, 1.165) is 29.2 Å². The minimum Gasteiger partial charge on any atom is -0.368 e. The molecular weight excluding hydrogens is 509 g/mol. The Balaban J connectivity index is 1.84. The largest absolute Gasteiger partial charge is 0.416 e. The molecule has 4 rings (SSSR count). The van der Waals surface area contributed by atoms with E-state index in [1.54, 1.807) is 0 Å². The first-order chi connectivity index (χ1) is 16.7. The van der Waals surface area contributed by atoms with Crippen molar-refractivity contribution in [3.05, 3.63) is 64.7 Å². The molecule has 2 aromatic carbocycles. The van der Waals surface area contributed by atoms with E-state index in [1.165, 1.54) is 0 Å². The minimum atomic E-state index is -4.79. The summed E-state index contributed by atoms with van der Waals surface area (Å²) in [5, 5.41) is 5.09. The topological polar surface area (TPSA) is 124 Å². The Morgan fingerprint density at radius 2 is 1.72 bits per heavy atom. The highest BCUT2D eigenvalue weighted by atomic mass is 32.2. The minimum absolute atomic E-state index is 0.0355. The van der Waals surface area contributed by atoms with Gasteiger partial charge in [-0.05, 0) is 67.5 Å². The lowest BCUT2D eigenvalue weighted by atomic mass is 9.73. The van der Waals surface area contributed by atoms with Gasteiger partial charge in [-0.25, -0.2) is 22.3 Å². The summed E-state index contributed by atoms with van der Waals surface area (Å²) in [5.41, 5.74) is 1.81. The number of hydrogen-bond donors (Lipinski definition) is 2. The summed E-state index contributed by atoms with van der Waals surface area (Å²) in [6, 6.07) is 4.31. The number of hydrogen-bond acceptors (Lipinski definition) is 4. The summed E-state index contributed by atoms with van der Waals surface area (Å²) >= 11 is 0. The summed E-state index contributed by atoms with van der Waals surface area (Å²) in [7, 11) is -4.30. The zero-order valence-corrected chi connectivity index (χ0v) is 19.5. The number of rotatable bonds is 6. The standard InChI is InChI=1S/C23H22F5N3O4S/c24-17-7-5-14(36(30,34)35)11-16(17)20(32)31-9-1-8-22(31,21(29)33)19(12-2-3-12)15-6-4-13(10-18(15)25)23(26,27)28/h4-7,10-12,19H,1-3,8-9H2,(H2,29,33)(H2,30,34,35)/t19-,22+/m1/s1. The lowest BCUT2D eigenvalue weighted by molar-refractivity contribution is -0.138. The van der Waals surface area contributed by atoms with Crippen LogP contribution in [0.5, 0.6) is 0 Å². The Bertz CT molecular complexity index is 1340. The molecule has 13 heteroatoms. The fourth-order valence-electron chi connectivity index (χ4n) is 5.13. The van der Waals surface area contributed by atoms with Crippen molar-refractivity contribution in [3.8, 4) is 0 Å². The molecule has 1 aliphatic heterocycles. The molecule has 1 aliphatic carbocycles. The number of amides is 2. The molecule has 0 unspecified atom stereocenters. The third-order valence-electron chi connectivity index (χ3n) is 6.86. The van der Waals surface area contributed by atoms with Gasteiger partial charge in [-0.15, -0.1) is 0 Å². The van der Waals surface area contributed by atoms with Crippen LogP contribution in [0.15, 0.2) is 41.3 Å². The summed E-state index contributed by atoms with van der Waals surface area (Å²) in [5.74, 6) is -5.82. The molecule has 2 fully saturated rings. The van der Waals surface area contributed by atoms with E-state index in [-0.39, 0.29) is 30.9 Å². The molecule has 0 aromatic heterocycles.